The van der Waals surface area contributed by atoms with Gasteiger partial charge in [0.1, 0.15) is 0 Å². The van der Waals surface area contributed by atoms with Gasteiger partial charge in [-0.1, -0.05) is 6.42 Å². The molecule has 2 rings (SSSR count). The number of hydrogen-bond acceptors (Lipinski definition) is 4. The van der Waals surface area contributed by atoms with Crippen LogP contribution in [0, 0.1) is 0 Å². The Morgan fingerprint density at radius 2 is 2.54 bits per heavy atom. The first-order chi connectivity index (χ1) is 6.40. The zero-order chi connectivity index (χ0) is 9.10. The molecule has 0 bridgehead atoms. The van der Waals surface area contributed by atoms with Crippen molar-refractivity contribution in [3.05, 3.63) is 11.1 Å². The molecule has 1 aromatic heterocycles. The van der Waals surface area contributed by atoms with Crippen LogP contribution < -0.4 is 10.6 Å². The van der Waals surface area contributed by atoms with E-state index in [-0.39, 0.29) is 0 Å². The quantitative estimate of drug-likeness (QED) is 0.761. The van der Waals surface area contributed by atoms with Gasteiger partial charge in [0, 0.05) is 24.2 Å². The zero-order valence-electron chi connectivity index (χ0n) is 7.84. The van der Waals surface area contributed by atoms with Crippen LogP contribution in [0.25, 0.3) is 0 Å². The molecule has 1 aliphatic heterocycles. The fraction of sp³-hybridized carbons (Fsp3) is 0.667. The number of anilines is 1. The van der Waals surface area contributed by atoms with Gasteiger partial charge in [0.05, 0.1) is 0 Å². The van der Waals surface area contributed by atoms with Crippen molar-refractivity contribution in [3.8, 4) is 0 Å². The van der Waals surface area contributed by atoms with Crippen LogP contribution in [-0.4, -0.2) is 18.6 Å². The summed E-state index contributed by atoms with van der Waals surface area (Å²) in [6, 6.07) is 0.549. The molecule has 4 heteroatoms. The first-order valence-electron chi connectivity index (χ1n) is 4.77. The van der Waals surface area contributed by atoms with E-state index in [2.05, 4.69) is 15.6 Å². The van der Waals surface area contributed by atoms with E-state index in [9.17, 15) is 0 Å². The summed E-state index contributed by atoms with van der Waals surface area (Å²) in [6.07, 6.45) is 5.89. The number of aromatic nitrogens is 1. The highest BCUT2D eigenvalue weighted by Gasteiger charge is 2.16. The largest absolute Gasteiger partial charge is 0.365 e. The van der Waals surface area contributed by atoms with E-state index in [0.29, 0.717) is 6.04 Å². The van der Waals surface area contributed by atoms with Crippen LogP contribution in [0.15, 0.2) is 6.20 Å². The van der Waals surface area contributed by atoms with Crippen molar-refractivity contribution in [3.63, 3.8) is 0 Å². The highest BCUT2D eigenvalue weighted by atomic mass is 32.1. The molecule has 1 atom stereocenters. The Bertz CT molecular complexity index is 266. The van der Waals surface area contributed by atoms with Gasteiger partial charge in [-0.05, 0) is 19.4 Å². The highest BCUT2D eigenvalue weighted by Crippen LogP contribution is 2.29. The molecule has 0 aliphatic carbocycles. The molecule has 3 nitrogen and oxygen atoms in total. The predicted molar refractivity (Wildman–Crippen MR) is 56.3 cm³/mol. The van der Waals surface area contributed by atoms with Crippen molar-refractivity contribution < 1.29 is 0 Å². The SMILES string of the molecule is CNc1ncc(C2CCCCN2)s1. The number of piperidine rings is 1. The molecular formula is C9H15N3S. The second kappa shape index (κ2) is 4.07. The van der Waals surface area contributed by atoms with Gasteiger partial charge in [-0.2, -0.15) is 0 Å². The highest BCUT2D eigenvalue weighted by molar-refractivity contribution is 7.15. The Morgan fingerprint density at radius 1 is 1.62 bits per heavy atom. The molecule has 1 aromatic rings. The van der Waals surface area contributed by atoms with Gasteiger partial charge in [0.2, 0.25) is 0 Å². The second-order valence-electron chi connectivity index (χ2n) is 3.32. The van der Waals surface area contributed by atoms with E-state index >= 15 is 0 Å². The average molecular weight is 197 g/mol. The first-order valence-corrected chi connectivity index (χ1v) is 5.58. The standard InChI is InChI=1S/C9H15N3S/c1-10-9-12-6-8(13-9)7-4-2-3-5-11-7/h6-7,11H,2-5H2,1H3,(H,10,12). The molecule has 0 spiro atoms. The van der Waals surface area contributed by atoms with Crippen molar-refractivity contribution in [1.29, 1.82) is 0 Å². The molecule has 72 valence electrons. The van der Waals surface area contributed by atoms with Gasteiger partial charge < -0.3 is 10.6 Å². The minimum absolute atomic E-state index is 0.549. The molecule has 1 unspecified atom stereocenters. The molecule has 1 aliphatic rings. The Morgan fingerprint density at radius 3 is 3.15 bits per heavy atom. The van der Waals surface area contributed by atoms with Gasteiger partial charge in [-0.25, -0.2) is 4.98 Å². The van der Waals surface area contributed by atoms with E-state index in [1.54, 1.807) is 11.3 Å². The maximum Gasteiger partial charge on any atom is 0.182 e. The Hall–Kier alpha value is -0.610. The monoisotopic (exact) mass is 197 g/mol. The summed E-state index contributed by atoms with van der Waals surface area (Å²) in [5.74, 6) is 0. The predicted octanol–water partition coefficient (Wildman–Crippen LogP) is 2.00. The van der Waals surface area contributed by atoms with E-state index < -0.39 is 0 Å². The molecule has 2 heterocycles. The zero-order valence-corrected chi connectivity index (χ0v) is 8.66. The third-order valence-corrected chi connectivity index (χ3v) is 3.52. The number of nitrogens with zero attached hydrogens (tertiary/aromatic N) is 1. The Labute approximate surface area is 82.6 Å². The molecule has 0 saturated carbocycles. The van der Waals surface area contributed by atoms with Gasteiger partial charge in [0.25, 0.3) is 0 Å². The topological polar surface area (TPSA) is 37.0 Å². The van der Waals surface area contributed by atoms with Gasteiger partial charge in [-0.3, -0.25) is 0 Å². The summed E-state index contributed by atoms with van der Waals surface area (Å²) in [5, 5.41) is 7.60. The number of rotatable bonds is 2. The lowest BCUT2D eigenvalue weighted by molar-refractivity contribution is 0.417. The number of hydrogen-bond donors (Lipinski definition) is 2. The van der Waals surface area contributed by atoms with Crippen molar-refractivity contribution in [2.24, 2.45) is 0 Å². The fourth-order valence-electron chi connectivity index (χ4n) is 1.66. The maximum atomic E-state index is 4.28. The Kier molecular flexibility index (Phi) is 2.80. The smallest absolute Gasteiger partial charge is 0.182 e. The minimum atomic E-state index is 0.549. The van der Waals surface area contributed by atoms with E-state index in [1.807, 2.05) is 13.2 Å². The fourth-order valence-corrected chi connectivity index (χ4v) is 2.54. The van der Waals surface area contributed by atoms with Crippen molar-refractivity contribution in [2.45, 2.75) is 25.3 Å². The summed E-state index contributed by atoms with van der Waals surface area (Å²) in [7, 11) is 1.91. The molecule has 0 aromatic carbocycles. The lowest BCUT2D eigenvalue weighted by atomic mass is 10.0. The molecule has 2 N–H and O–H groups in total. The molecule has 1 fully saturated rings. The maximum absolute atomic E-state index is 4.28. The van der Waals surface area contributed by atoms with Gasteiger partial charge >= 0.3 is 0 Å². The summed E-state index contributed by atoms with van der Waals surface area (Å²) in [5.41, 5.74) is 0. The Balaban J connectivity index is 2.05. The molecule has 1 saturated heterocycles. The lowest BCUT2D eigenvalue weighted by Crippen LogP contribution is -2.25. The lowest BCUT2D eigenvalue weighted by Gasteiger charge is -2.21. The van der Waals surface area contributed by atoms with Crippen LogP contribution in [-0.2, 0) is 0 Å². The average Bonchev–Trinajstić information content (AvgIpc) is 2.67. The second-order valence-corrected chi connectivity index (χ2v) is 4.38. The van der Waals surface area contributed by atoms with Crippen molar-refractivity contribution >= 4 is 16.5 Å². The third kappa shape index (κ3) is 2.00. The molecular weight excluding hydrogens is 182 g/mol. The first kappa shape index (κ1) is 8.97. The molecule has 0 amide bonds. The number of thiazole rings is 1. The van der Waals surface area contributed by atoms with Crippen LogP contribution in [0.3, 0.4) is 0 Å². The van der Waals surface area contributed by atoms with Crippen LogP contribution in [0.5, 0.6) is 0 Å². The summed E-state index contributed by atoms with van der Waals surface area (Å²) >= 11 is 1.75. The van der Waals surface area contributed by atoms with E-state index in [4.69, 9.17) is 0 Å². The summed E-state index contributed by atoms with van der Waals surface area (Å²) in [4.78, 5) is 5.64. The van der Waals surface area contributed by atoms with Gasteiger partial charge in [-0.15, -0.1) is 11.3 Å². The molecule has 0 radical (unpaired) electrons. The summed E-state index contributed by atoms with van der Waals surface area (Å²) in [6.45, 7) is 1.15. The van der Waals surface area contributed by atoms with Crippen molar-refractivity contribution in [2.75, 3.05) is 18.9 Å². The third-order valence-electron chi connectivity index (χ3n) is 2.39. The number of nitrogens with one attached hydrogen (secondary N) is 2. The van der Waals surface area contributed by atoms with Gasteiger partial charge in [0.15, 0.2) is 5.13 Å². The summed E-state index contributed by atoms with van der Waals surface area (Å²) < 4.78 is 0. The van der Waals surface area contributed by atoms with E-state index in [0.717, 1.165) is 11.7 Å². The molecule has 13 heavy (non-hydrogen) atoms. The van der Waals surface area contributed by atoms with Crippen LogP contribution >= 0.6 is 11.3 Å². The van der Waals surface area contributed by atoms with Crippen LogP contribution in [0.4, 0.5) is 5.13 Å². The minimum Gasteiger partial charge on any atom is -0.365 e. The van der Waals surface area contributed by atoms with Crippen LogP contribution in [0.1, 0.15) is 30.2 Å². The van der Waals surface area contributed by atoms with Crippen molar-refractivity contribution in [1.82, 2.24) is 10.3 Å². The van der Waals surface area contributed by atoms with E-state index in [1.165, 1.54) is 24.1 Å². The van der Waals surface area contributed by atoms with Crippen LogP contribution in [0.2, 0.25) is 0 Å². The normalized spacial score (nSPS) is 23.0.